The van der Waals surface area contributed by atoms with Gasteiger partial charge in [-0.05, 0) is 69.8 Å². The first-order chi connectivity index (χ1) is 21.6. The van der Waals surface area contributed by atoms with Gasteiger partial charge in [-0.25, -0.2) is 9.97 Å². The fraction of sp³-hybridized carbons (Fsp3) is 0.438. The van der Waals surface area contributed by atoms with Gasteiger partial charge in [-0.3, -0.25) is 9.59 Å². The highest BCUT2D eigenvalue weighted by atomic mass is 19.4. The van der Waals surface area contributed by atoms with E-state index >= 15 is 0 Å². The van der Waals surface area contributed by atoms with Crippen molar-refractivity contribution in [2.45, 2.75) is 39.4 Å². The summed E-state index contributed by atoms with van der Waals surface area (Å²) in [6, 6.07) is 10.3. The summed E-state index contributed by atoms with van der Waals surface area (Å²) in [5.41, 5.74) is 0.444. The van der Waals surface area contributed by atoms with Crippen molar-refractivity contribution in [2.24, 2.45) is 0 Å². The first-order valence-corrected chi connectivity index (χ1v) is 15.0. The monoisotopic (exact) mass is 628 g/mol. The van der Waals surface area contributed by atoms with Crippen LogP contribution in [0.1, 0.15) is 53.6 Å². The number of piperazine rings is 1. The maximum Gasteiger partial charge on any atom is 0.417 e. The summed E-state index contributed by atoms with van der Waals surface area (Å²) in [6.45, 7) is 7.61. The van der Waals surface area contributed by atoms with Crippen molar-refractivity contribution in [1.29, 1.82) is 0 Å². The summed E-state index contributed by atoms with van der Waals surface area (Å²) in [7, 11) is 1.78. The molecule has 13 heteroatoms. The number of halogens is 3. The molecule has 2 amide bonds. The average molecular weight is 629 g/mol. The number of ether oxygens (including phenoxy) is 2. The predicted octanol–water partition coefficient (Wildman–Crippen LogP) is 4.65. The third-order valence-electron chi connectivity index (χ3n) is 7.47. The number of benzene rings is 1. The first-order valence-electron chi connectivity index (χ1n) is 15.0. The molecule has 3 heterocycles. The van der Waals surface area contributed by atoms with Crippen LogP contribution in [0.15, 0.2) is 48.7 Å². The Hall–Kier alpha value is -4.39. The molecule has 2 aromatic heterocycles. The molecule has 1 saturated heterocycles. The van der Waals surface area contributed by atoms with Crippen molar-refractivity contribution in [3.8, 4) is 22.9 Å². The number of likely N-dealkylation sites (N-methyl/N-ethyl adjacent to an activating group) is 1. The second kappa shape index (κ2) is 15.1. The van der Waals surface area contributed by atoms with Crippen molar-refractivity contribution >= 4 is 17.5 Å². The molecule has 1 fully saturated rings. The zero-order chi connectivity index (χ0) is 32.6. The smallest absolute Gasteiger partial charge is 0.417 e. The Morgan fingerprint density at radius 2 is 1.80 bits per heavy atom. The molecule has 1 aromatic carbocycles. The number of pyridine rings is 2. The summed E-state index contributed by atoms with van der Waals surface area (Å²) >= 11 is 0. The van der Waals surface area contributed by atoms with Crippen LogP contribution in [0.5, 0.6) is 11.6 Å². The Morgan fingerprint density at radius 3 is 2.49 bits per heavy atom. The van der Waals surface area contributed by atoms with Gasteiger partial charge in [-0.15, -0.1) is 0 Å². The van der Waals surface area contributed by atoms with E-state index in [0.717, 1.165) is 6.07 Å². The van der Waals surface area contributed by atoms with E-state index in [9.17, 15) is 22.8 Å². The molecule has 4 rings (SSSR count). The minimum Gasteiger partial charge on any atom is -0.494 e. The Kier molecular flexibility index (Phi) is 11.2. The Morgan fingerprint density at radius 1 is 1.02 bits per heavy atom. The molecule has 3 aromatic rings. The number of rotatable bonds is 12. The number of nitrogens with one attached hydrogen (secondary N) is 2. The van der Waals surface area contributed by atoms with Crippen LogP contribution in [0.2, 0.25) is 0 Å². The molecule has 0 radical (unpaired) electrons. The number of alkyl halides is 3. The number of carbonyl (C=O) groups excluding carboxylic acids is 2. The van der Waals surface area contributed by atoms with E-state index < -0.39 is 23.2 Å². The quantitative estimate of drug-likeness (QED) is 0.279. The van der Waals surface area contributed by atoms with Crippen molar-refractivity contribution in [1.82, 2.24) is 25.5 Å². The summed E-state index contributed by atoms with van der Waals surface area (Å²) in [4.78, 5) is 39.5. The molecule has 0 saturated carbocycles. The lowest BCUT2D eigenvalue weighted by Gasteiger charge is -2.43. The lowest BCUT2D eigenvalue weighted by atomic mass is 10.0. The maximum absolute atomic E-state index is 14.0. The van der Waals surface area contributed by atoms with Gasteiger partial charge in [0.15, 0.2) is 5.69 Å². The number of amides is 2. The minimum atomic E-state index is -4.73. The number of hydrogen-bond donors (Lipinski definition) is 2. The summed E-state index contributed by atoms with van der Waals surface area (Å²) in [5.74, 6) is -0.634. The van der Waals surface area contributed by atoms with Crippen molar-refractivity contribution in [2.75, 3.05) is 57.9 Å². The highest BCUT2D eigenvalue weighted by Crippen LogP contribution is 2.36. The van der Waals surface area contributed by atoms with Crippen LogP contribution in [0.3, 0.4) is 0 Å². The minimum absolute atomic E-state index is 0.0498. The maximum atomic E-state index is 14.0. The molecule has 0 bridgehead atoms. The van der Waals surface area contributed by atoms with Gasteiger partial charge in [-0.1, -0.05) is 6.92 Å². The van der Waals surface area contributed by atoms with E-state index in [-0.39, 0.29) is 49.6 Å². The van der Waals surface area contributed by atoms with Gasteiger partial charge < -0.3 is 29.9 Å². The van der Waals surface area contributed by atoms with Crippen LogP contribution in [-0.2, 0) is 6.18 Å². The second-order valence-corrected chi connectivity index (χ2v) is 10.4. The predicted molar refractivity (Wildman–Crippen MR) is 165 cm³/mol. The normalized spacial score (nSPS) is 15.1. The molecule has 0 unspecified atom stereocenters. The van der Waals surface area contributed by atoms with E-state index in [2.05, 4.69) is 15.6 Å². The fourth-order valence-electron chi connectivity index (χ4n) is 5.30. The Labute approximate surface area is 260 Å². The Balaban J connectivity index is 1.66. The molecule has 1 atom stereocenters. The number of aromatic nitrogens is 2. The molecule has 45 heavy (non-hydrogen) atoms. The summed E-state index contributed by atoms with van der Waals surface area (Å²) < 4.78 is 52.9. The third kappa shape index (κ3) is 7.83. The number of nitrogens with zero attached hydrogens (tertiary/aromatic N) is 4. The van der Waals surface area contributed by atoms with Crippen LogP contribution in [-0.4, -0.2) is 85.7 Å². The van der Waals surface area contributed by atoms with Crippen LogP contribution in [0.25, 0.3) is 11.3 Å². The number of anilines is 1. The highest BCUT2D eigenvalue weighted by molar-refractivity contribution is 5.99. The van der Waals surface area contributed by atoms with Crippen LogP contribution >= 0.6 is 0 Å². The molecular formula is C32H39F3N6O4. The fourth-order valence-corrected chi connectivity index (χ4v) is 5.30. The number of hydrogen-bond acceptors (Lipinski definition) is 8. The van der Waals surface area contributed by atoms with Gasteiger partial charge >= 0.3 is 6.18 Å². The van der Waals surface area contributed by atoms with Crippen molar-refractivity contribution in [3.63, 3.8) is 0 Å². The highest BCUT2D eigenvalue weighted by Gasteiger charge is 2.39. The largest absolute Gasteiger partial charge is 0.494 e. The molecular weight excluding hydrogens is 589 g/mol. The van der Waals surface area contributed by atoms with E-state index in [1.54, 1.807) is 32.3 Å². The molecule has 1 aliphatic heterocycles. The van der Waals surface area contributed by atoms with Gasteiger partial charge in [0.05, 0.1) is 41.3 Å². The van der Waals surface area contributed by atoms with Crippen molar-refractivity contribution < 1.29 is 32.2 Å². The van der Waals surface area contributed by atoms with Crippen molar-refractivity contribution in [3.05, 3.63) is 65.5 Å². The zero-order valence-corrected chi connectivity index (χ0v) is 25.9. The molecule has 1 aliphatic rings. The van der Waals surface area contributed by atoms with Crippen LogP contribution in [0, 0.1) is 0 Å². The van der Waals surface area contributed by atoms with Gasteiger partial charge in [0.25, 0.3) is 11.8 Å². The second-order valence-electron chi connectivity index (χ2n) is 10.4. The van der Waals surface area contributed by atoms with Gasteiger partial charge in [0, 0.05) is 45.0 Å². The van der Waals surface area contributed by atoms with Gasteiger partial charge in [-0.2, -0.15) is 13.2 Å². The first kappa shape index (κ1) is 33.5. The summed E-state index contributed by atoms with van der Waals surface area (Å²) in [6.07, 6.45) is -2.55. The summed E-state index contributed by atoms with van der Waals surface area (Å²) in [5, 5.41) is 5.89. The van der Waals surface area contributed by atoms with E-state index in [1.807, 2.05) is 30.9 Å². The zero-order valence-electron chi connectivity index (χ0n) is 25.9. The molecule has 0 aliphatic carbocycles. The topological polar surface area (TPSA) is 109 Å². The van der Waals surface area contributed by atoms with Crippen LogP contribution < -0.4 is 25.0 Å². The van der Waals surface area contributed by atoms with Gasteiger partial charge in [0.2, 0.25) is 5.88 Å². The standard InChI is InChI=1S/C32H39F3N6O4/c1-5-21-20-40(31(43)23-11-10-22(44-6-2)19-25(23)32(33,34)35)17-18-41(21)27-13-12-26(24-9-8-14-38-30(24)45-7-3)39-28(27)29(42)37-16-15-36-4/h8-14,19,21,36H,5-7,15-18,20H2,1-4H3,(H,37,42)/t21-/m1/s1. The lowest BCUT2D eigenvalue weighted by molar-refractivity contribution is -0.138. The SMILES string of the molecule is CCOc1ccc(C(=O)N2CCN(c3ccc(-c4cccnc4OCC)nc3C(=O)NCCNC)[C@H](CC)C2)c(C(F)(F)F)c1. The third-order valence-corrected chi connectivity index (χ3v) is 7.47. The van der Waals surface area contributed by atoms with Gasteiger partial charge in [0.1, 0.15) is 5.75 Å². The molecule has 0 spiro atoms. The molecule has 242 valence electrons. The Bertz CT molecular complexity index is 1490. The van der Waals surface area contributed by atoms with Crippen LogP contribution in [0.4, 0.5) is 18.9 Å². The van der Waals surface area contributed by atoms with E-state index in [0.29, 0.717) is 48.9 Å². The lowest BCUT2D eigenvalue weighted by Crippen LogP contribution is -2.55. The van der Waals surface area contributed by atoms with E-state index in [1.165, 1.54) is 17.0 Å². The van der Waals surface area contributed by atoms with E-state index in [4.69, 9.17) is 14.5 Å². The number of carbonyl (C=O) groups is 2. The molecule has 2 N–H and O–H groups in total. The molecule has 10 nitrogen and oxygen atoms in total. The average Bonchev–Trinajstić information content (AvgIpc) is 3.04.